The van der Waals surface area contributed by atoms with E-state index >= 15 is 0 Å². The fraction of sp³-hybridized carbons (Fsp3) is 1.00. The normalized spacial score (nSPS) is 26.8. The number of nitrogens with one attached hydrogen (secondary N) is 1. The fourth-order valence-electron chi connectivity index (χ4n) is 2.30. The average molecular weight is 214 g/mol. The minimum atomic E-state index is 0.230. The lowest BCUT2D eigenvalue weighted by Gasteiger charge is -2.19. The van der Waals surface area contributed by atoms with Crippen molar-refractivity contribution in [2.45, 2.75) is 51.6 Å². The molecule has 2 unspecified atom stereocenters. The van der Waals surface area contributed by atoms with Gasteiger partial charge in [0.2, 0.25) is 0 Å². The average Bonchev–Trinajstić information content (AvgIpc) is 2.52. The summed E-state index contributed by atoms with van der Waals surface area (Å²) in [6.07, 6.45) is 4.85. The number of ether oxygens (including phenoxy) is 1. The summed E-state index contributed by atoms with van der Waals surface area (Å²) in [6, 6.07) is 0.905. The van der Waals surface area contributed by atoms with Crippen molar-refractivity contribution < 1.29 is 4.74 Å². The first-order chi connectivity index (χ1) is 7.03. The van der Waals surface area contributed by atoms with E-state index in [-0.39, 0.29) is 6.04 Å². The van der Waals surface area contributed by atoms with Gasteiger partial charge in [-0.3, -0.25) is 0 Å². The topological polar surface area (TPSA) is 47.3 Å². The van der Waals surface area contributed by atoms with Gasteiger partial charge in [-0.05, 0) is 31.1 Å². The molecule has 0 aromatic carbocycles. The van der Waals surface area contributed by atoms with Crippen LogP contribution in [0.25, 0.3) is 0 Å². The van der Waals surface area contributed by atoms with Crippen LogP contribution in [-0.2, 0) is 4.74 Å². The molecule has 0 spiro atoms. The van der Waals surface area contributed by atoms with Gasteiger partial charge in [0, 0.05) is 32.3 Å². The lowest BCUT2D eigenvalue weighted by atomic mass is 9.92. The molecule has 0 aromatic heterocycles. The summed E-state index contributed by atoms with van der Waals surface area (Å²) in [5, 5.41) is 3.57. The molecule has 0 radical (unpaired) electrons. The number of nitrogens with two attached hydrogens (primary N) is 1. The van der Waals surface area contributed by atoms with E-state index in [0.29, 0.717) is 11.5 Å². The van der Waals surface area contributed by atoms with Crippen molar-refractivity contribution in [3.63, 3.8) is 0 Å². The first-order valence-electron chi connectivity index (χ1n) is 6.01. The van der Waals surface area contributed by atoms with Crippen LogP contribution in [0.2, 0.25) is 0 Å². The van der Waals surface area contributed by atoms with Crippen LogP contribution in [0.3, 0.4) is 0 Å². The van der Waals surface area contributed by atoms with Gasteiger partial charge in [-0.15, -0.1) is 0 Å². The van der Waals surface area contributed by atoms with Crippen molar-refractivity contribution in [3.8, 4) is 0 Å². The molecule has 1 aliphatic carbocycles. The SMILES string of the molecule is COCCC(N)CNC1CCC(C)(C)C1. The maximum Gasteiger partial charge on any atom is 0.0477 e. The molecule has 1 saturated carbocycles. The first kappa shape index (κ1) is 12.9. The van der Waals surface area contributed by atoms with Crippen molar-refractivity contribution in [1.82, 2.24) is 5.32 Å². The molecule has 0 aliphatic heterocycles. The standard InChI is InChI=1S/C12H26N2O/c1-12(2)6-4-11(8-12)14-9-10(13)5-7-15-3/h10-11,14H,4-9,13H2,1-3H3. The Hall–Kier alpha value is -0.120. The van der Waals surface area contributed by atoms with E-state index in [2.05, 4.69) is 19.2 Å². The molecule has 3 heteroatoms. The maximum atomic E-state index is 5.96. The van der Waals surface area contributed by atoms with E-state index in [1.165, 1.54) is 19.3 Å². The van der Waals surface area contributed by atoms with Crippen LogP contribution < -0.4 is 11.1 Å². The molecule has 1 aliphatic rings. The van der Waals surface area contributed by atoms with Crippen LogP contribution in [0, 0.1) is 5.41 Å². The summed E-state index contributed by atoms with van der Waals surface area (Å²) >= 11 is 0. The van der Waals surface area contributed by atoms with E-state index in [9.17, 15) is 0 Å². The van der Waals surface area contributed by atoms with Crippen LogP contribution in [0.4, 0.5) is 0 Å². The predicted molar refractivity (Wildman–Crippen MR) is 63.9 cm³/mol. The number of rotatable bonds is 6. The van der Waals surface area contributed by atoms with Gasteiger partial charge in [-0.1, -0.05) is 13.8 Å². The van der Waals surface area contributed by atoms with Gasteiger partial charge in [0.15, 0.2) is 0 Å². The van der Waals surface area contributed by atoms with Gasteiger partial charge in [0.25, 0.3) is 0 Å². The van der Waals surface area contributed by atoms with Gasteiger partial charge < -0.3 is 15.8 Å². The smallest absolute Gasteiger partial charge is 0.0477 e. The van der Waals surface area contributed by atoms with Gasteiger partial charge >= 0.3 is 0 Å². The highest BCUT2D eigenvalue weighted by atomic mass is 16.5. The Balaban J connectivity index is 2.10. The zero-order valence-corrected chi connectivity index (χ0v) is 10.4. The molecule has 0 saturated heterocycles. The van der Waals surface area contributed by atoms with Crippen molar-refractivity contribution >= 4 is 0 Å². The molecular formula is C12H26N2O. The van der Waals surface area contributed by atoms with Gasteiger partial charge in [0.05, 0.1) is 0 Å². The van der Waals surface area contributed by atoms with E-state index in [4.69, 9.17) is 10.5 Å². The van der Waals surface area contributed by atoms with Crippen LogP contribution in [0.15, 0.2) is 0 Å². The number of methoxy groups -OCH3 is 1. The highest BCUT2D eigenvalue weighted by Crippen LogP contribution is 2.36. The molecule has 0 aromatic rings. The number of hydrogen-bond acceptors (Lipinski definition) is 3. The lowest BCUT2D eigenvalue weighted by molar-refractivity contribution is 0.187. The van der Waals surface area contributed by atoms with Crippen molar-refractivity contribution in [2.75, 3.05) is 20.3 Å². The molecule has 3 N–H and O–H groups in total. The highest BCUT2D eigenvalue weighted by Gasteiger charge is 2.30. The zero-order valence-electron chi connectivity index (χ0n) is 10.4. The molecule has 0 bridgehead atoms. The summed E-state index contributed by atoms with van der Waals surface area (Å²) in [7, 11) is 1.72. The second-order valence-electron chi connectivity index (χ2n) is 5.55. The van der Waals surface area contributed by atoms with Crippen molar-refractivity contribution in [1.29, 1.82) is 0 Å². The predicted octanol–water partition coefficient (Wildman–Crippen LogP) is 1.52. The minimum Gasteiger partial charge on any atom is -0.385 e. The Morgan fingerprint density at radius 2 is 2.27 bits per heavy atom. The first-order valence-corrected chi connectivity index (χ1v) is 6.01. The van der Waals surface area contributed by atoms with E-state index in [1.807, 2.05) is 0 Å². The lowest BCUT2D eigenvalue weighted by Crippen LogP contribution is -2.39. The molecule has 3 nitrogen and oxygen atoms in total. The minimum absolute atomic E-state index is 0.230. The molecule has 2 atom stereocenters. The summed E-state index contributed by atoms with van der Waals surface area (Å²) in [5.74, 6) is 0. The van der Waals surface area contributed by atoms with Crippen molar-refractivity contribution in [2.24, 2.45) is 11.1 Å². The van der Waals surface area contributed by atoms with E-state index in [1.54, 1.807) is 7.11 Å². The zero-order chi connectivity index (χ0) is 11.3. The van der Waals surface area contributed by atoms with E-state index in [0.717, 1.165) is 19.6 Å². The third-order valence-corrected chi connectivity index (χ3v) is 3.33. The Labute approximate surface area is 93.8 Å². The van der Waals surface area contributed by atoms with Gasteiger partial charge in [-0.25, -0.2) is 0 Å². The number of hydrogen-bond donors (Lipinski definition) is 2. The Bertz CT molecular complexity index is 182. The molecule has 15 heavy (non-hydrogen) atoms. The molecule has 1 rings (SSSR count). The summed E-state index contributed by atoms with van der Waals surface area (Å²) in [5.41, 5.74) is 6.49. The maximum absolute atomic E-state index is 5.96. The third kappa shape index (κ3) is 4.96. The summed E-state index contributed by atoms with van der Waals surface area (Å²) in [4.78, 5) is 0. The van der Waals surface area contributed by atoms with Crippen LogP contribution in [0.1, 0.15) is 39.5 Å². The molecule has 1 fully saturated rings. The summed E-state index contributed by atoms with van der Waals surface area (Å²) in [6.45, 7) is 6.38. The van der Waals surface area contributed by atoms with Crippen LogP contribution in [-0.4, -0.2) is 32.3 Å². The van der Waals surface area contributed by atoms with Gasteiger partial charge in [0.1, 0.15) is 0 Å². The van der Waals surface area contributed by atoms with Crippen molar-refractivity contribution in [3.05, 3.63) is 0 Å². The molecule has 0 amide bonds. The fourth-order valence-corrected chi connectivity index (χ4v) is 2.30. The second-order valence-corrected chi connectivity index (χ2v) is 5.55. The summed E-state index contributed by atoms with van der Waals surface area (Å²) < 4.78 is 5.01. The van der Waals surface area contributed by atoms with Crippen LogP contribution >= 0.6 is 0 Å². The largest absolute Gasteiger partial charge is 0.385 e. The van der Waals surface area contributed by atoms with E-state index < -0.39 is 0 Å². The quantitative estimate of drug-likeness (QED) is 0.705. The van der Waals surface area contributed by atoms with Crippen LogP contribution in [0.5, 0.6) is 0 Å². The van der Waals surface area contributed by atoms with Gasteiger partial charge in [-0.2, -0.15) is 0 Å². The second kappa shape index (κ2) is 5.83. The molecular weight excluding hydrogens is 188 g/mol. The highest BCUT2D eigenvalue weighted by molar-refractivity contribution is 4.86. The molecule has 0 heterocycles. The Kier molecular flexibility index (Phi) is 5.03. The Morgan fingerprint density at radius 3 is 2.80 bits per heavy atom. The Morgan fingerprint density at radius 1 is 1.53 bits per heavy atom. The third-order valence-electron chi connectivity index (χ3n) is 3.33. The monoisotopic (exact) mass is 214 g/mol. The molecule has 90 valence electrons.